The first kappa shape index (κ1) is 12.4. The van der Waals surface area contributed by atoms with Gasteiger partial charge in [0.15, 0.2) is 0 Å². The summed E-state index contributed by atoms with van der Waals surface area (Å²) in [6.45, 7) is 6.05. The largest absolute Gasteiger partial charge is 0.327 e. The van der Waals surface area contributed by atoms with E-state index in [2.05, 4.69) is 6.07 Å². The Hall–Kier alpha value is -0.670. The maximum absolute atomic E-state index is 12.0. The molecule has 3 heteroatoms. The second-order valence-corrected chi connectivity index (χ2v) is 5.41. The van der Waals surface area contributed by atoms with Gasteiger partial charge in [-0.1, -0.05) is 24.6 Å². The molecule has 2 atom stereocenters. The molecule has 15 heavy (non-hydrogen) atoms. The number of rotatable bonds is 4. The fourth-order valence-electron chi connectivity index (χ4n) is 1.46. The Morgan fingerprint density at radius 1 is 1.40 bits per heavy atom. The molecule has 0 saturated heterocycles. The predicted molar refractivity (Wildman–Crippen MR) is 65.5 cm³/mol. The normalized spacial score (nSPS) is 14.9. The summed E-state index contributed by atoms with van der Waals surface area (Å²) in [5, 5.41) is 0. The second kappa shape index (κ2) is 5.42. The van der Waals surface area contributed by atoms with Crippen molar-refractivity contribution >= 4 is 10.8 Å². The highest BCUT2D eigenvalue weighted by Crippen LogP contribution is 2.15. The predicted octanol–water partition coefficient (Wildman–Crippen LogP) is 2.15. The fraction of sp³-hybridized carbons (Fsp3) is 0.500. The van der Waals surface area contributed by atoms with Crippen LogP contribution in [-0.2, 0) is 10.8 Å². The van der Waals surface area contributed by atoms with E-state index < -0.39 is 10.8 Å². The zero-order valence-corrected chi connectivity index (χ0v) is 10.4. The van der Waals surface area contributed by atoms with Crippen LogP contribution >= 0.6 is 0 Å². The van der Waals surface area contributed by atoms with Gasteiger partial charge >= 0.3 is 0 Å². The van der Waals surface area contributed by atoms with E-state index in [0.717, 1.165) is 16.9 Å². The Morgan fingerprint density at radius 2 is 2.07 bits per heavy atom. The molecule has 1 aromatic carbocycles. The summed E-state index contributed by atoms with van der Waals surface area (Å²) in [6, 6.07) is 6.04. The van der Waals surface area contributed by atoms with Gasteiger partial charge in [-0.25, -0.2) is 0 Å². The molecular formula is C12H19NOS. The molecule has 84 valence electrons. The van der Waals surface area contributed by atoms with E-state index in [4.69, 9.17) is 5.73 Å². The molecule has 1 rings (SSSR count). The fourth-order valence-corrected chi connectivity index (χ4v) is 2.90. The lowest BCUT2D eigenvalue weighted by atomic mass is 10.2. The second-order valence-electron chi connectivity index (χ2n) is 3.95. The molecule has 0 fully saturated rings. The summed E-state index contributed by atoms with van der Waals surface area (Å²) in [6.07, 6.45) is 0.872. The summed E-state index contributed by atoms with van der Waals surface area (Å²) in [5.74, 6) is 0.556. The average molecular weight is 225 g/mol. The summed E-state index contributed by atoms with van der Waals surface area (Å²) >= 11 is 0. The Kier molecular flexibility index (Phi) is 4.48. The molecule has 0 aromatic heterocycles. The van der Waals surface area contributed by atoms with Crippen LogP contribution in [-0.4, -0.2) is 16.0 Å². The van der Waals surface area contributed by atoms with E-state index in [1.54, 1.807) is 0 Å². The molecule has 2 N–H and O–H groups in total. The third-order valence-corrected chi connectivity index (χ3v) is 4.15. The lowest BCUT2D eigenvalue weighted by Gasteiger charge is -2.10. The van der Waals surface area contributed by atoms with Crippen LogP contribution < -0.4 is 5.73 Å². The molecule has 2 nitrogen and oxygen atoms in total. The van der Waals surface area contributed by atoms with Gasteiger partial charge in [-0.15, -0.1) is 0 Å². The Morgan fingerprint density at radius 3 is 2.60 bits per heavy atom. The van der Waals surface area contributed by atoms with Gasteiger partial charge in [-0.2, -0.15) is 0 Å². The number of nitrogens with two attached hydrogens (primary N) is 1. The van der Waals surface area contributed by atoms with Crippen molar-refractivity contribution in [1.82, 2.24) is 0 Å². The molecule has 0 heterocycles. The van der Waals surface area contributed by atoms with E-state index >= 15 is 0 Å². The van der Waals surface area contributed by atoms with Crippen LogP contribution in [0.4, 0.5) is 0 Å². The molecule has 0 amide bonds. The maximum Gasteiger partial charge on any atom is 0.0547 e. The van der Waals surface area contributed by atoms with Crippen molar-refractivity contribution in [3.05, 3.63) is 29.3 Å². The standard InChI is InChI=1S/C12H19NOS/c1-4-11(13)8-15(14)12-6-5-9(2)7-10(12)3/h5-7,11H,4,8,13H2,1-3H3. The van der Waals surface area contributed by atoms with Crippen molar-refractivity contribution in [2.75, 3.05) is 5.75 Å². The molecule has 0 spiro atoms. The minimum atomic E-state index is -0.958. The number of benzene rings is 1. The van der Waals surface area contributed by atoms with Crippen LogP contribution in [0.1, 0.15) is 24.5 Å². The minimum absolute atomic E-state index is 0.0338. The highest BCUT2D eigenvalue weighted by molar-refractivity contribution is 7.85. The molecule has 2 unspecified atom stereocenters. The third-order valence-electron chi connectivity index (χ3n) is 2.47. The van der Waals surface area contributed by atoms with Crippen LogP contribution in [0.5, 0.6) is 0 Å². The quantitative estimate of drug-likeness (QED) is 0.853. The van der Waals surface area contributed by atoms with Crippen molar-refractivity contribution < 1.29 is 4.21 Å². The first-order valence-electron chi connectivity index (χ1n) is 5.25. The van der Waals surface area contributed by atoms with E-state index in [1.165, 1.54) is 5.56 Å². The Balaban J connectivity index is 2.82. The number of hydrogen-bond donors (Lipinski definition) is 1. The Bertz CT molecular complexity index is 363. The van der Waals surface area contributed by atoms with Crippen LogP contribution in [0.15, 0.2) is 23.1 Å². The van der Waals surface area contributed by atoms with Gasteiger partial charge in [0.2, 0.25) is 0 Å². The zero-order valence-electron chi connectivity index (χ0n) is 9.62. The first-order chi connectivity index (χ1) is 7.04. The van der Waals surface area contributed by atoms with E-state index in [0.29, 0.717) is 5.75 Å². The van der Waals surface area contributed by atoms with Crippen molar-refractivity contribution in [2.24, 2.45) is 5.73 Å². The molecule has 0 radical (unpaired) electrons. The first-order valence-corrected chi connectivity index (χ1v) is 6.57. The molecular weight excluding hydrogens is 206 g/mol. The van der Waals surface area contributed by atoms with Crippen LogP contribution in [0.2, 0.25) is 0 Å². The SMILES string of the molecule is CCC(N)CS(=O)c1ccc(C)cc1C. The molecule has 0 aliphatic rings. The summed E-state index contributed by atoms with van der Waals surface area (Å²) in [4.78, 5) is 0.921. The number of aryl methyl sites for hydroxylation is 2. The van der Waals surface area contributed by atoms with Crippen LogP contribution in [0.3, 0.4) is 0 Å². The van der Waals surface area contributed by atoms with Crippen LogP contribution in [0.25, 0.3) is 0 Å². The molecule has 0 bridgehead atoms. The van der Waals surface area contributed by atoms with Gasteiger partial charge in [-0.05, 0) is 31.9 Å². The molecule has 0 saturated carbocycles. The molecule has 0 aliphatic heterocycles. The highest BCUT2D eigenvalue weighted by atomic mass is 32.2. The summed E-state index contributed by atoms with van der Waals surface area (Å²) < 4.78 is 12.0. The van der Waals surface area contributed by atoms with Gasteiger partial charge in [-0.3, -0.25) is 4.21 Å². The van der Waals surface area contributed by atoms with Gasteiger partial charge in [0.05, 0.1) is 10.8 Å². The van der Waals surface area contributed by atoms with Crippen molar-refractivity contribution in [1.29, 1.82) is 0 Å². The maximum atomic E-state index is 12.0. The topological polar surface area (TPSA) is 43.1 Å². The lowest BCUT2D eigenvalue weighted by molar-refractivity contribution is 0.663. The van der Waals surface area contributed by atoms with Crippen molar-refractivity contribution in [2.45, 2.75) is 38.1 Å². The smallest absolute Gasteiger partial charge is 0.0547 e. The van der Waals surface area contributed by atoms with Gasteiger partial charge in [0.1, 0.15) is 0 Å². The average Bonchev–Trinajstić information content (AvgIpc) is 2.17. The van der Waals surface area contributed by atoms with E-state index in [9.17, 15) is 4.21 Å². The lowest BCUT2D eigenvalue weighted by Crippen LogP contribution is -2.26. The minimum Gasteiger partial charge on any atom is -0.327 e. The van der Waals surface area contributed by atoms with Gasteiger partial charge < -0.3 is 5.73 Å². The van der Waals surface area contributed by atoms with Crippen molar-refractivity contribution in [3.8, 4) is 0 Å². The van der Waals surface area contributed by atoms with Gasteiger partial charge in [0.25, 0.3) is 0 Å². The summed E-state index contributed by atoms with van der Waals surface area (Å²) in [7, 11) is -0.958. The molecule has 0 aliphatic carbocycles. The van der Waals surface area contributed by atoms with Crippen LogP contribution in [0, 0.1) is 13.8 Å². The van der Waals surface area contributed by atoms with E-state index in [-0.39, 0.29) is 6.04 Å². The van der Waals surface area contributed by atoms with Crippen molar-refractivity contribution in [3.63, 3.8) is 0 Å². The third kappa shape index (κ3) is 3.43. The summed E-state index contributed by atoms with van der Waals surface area (Å²) in [5.41, 5.74) is 8.09. The van der Waals surface area contributed by atoms with E-state index in [1.807, 2.05) is 32.9 Å². The Labute approximate surface area is 94.3 Å². The number of hydrogen-bond acceptors (Lipinski definition) is 2. The highest BCUT2D eigenvalue weighted by Gasteiger charge is 2.10. The molecule has 1 aromatic rings. The monoisotopic (exact) mass is 225 g/mol. The van der Waals surface area contributed by atoms with Gasteiger partial charge in [0, 0.05) is 16.7 Å². The zero-order chi connectivity index (χ0) is 11.4.